The average Bonchev–Trinajstić information content (AvgIpc) is 2.85. The lowest BCUT2D eigenvalue weighted by molar-refractivity contribution is -0.136. The van der Waals surface area contributed by atoms with E-state index in [2.05, 4.69) is 45.9 Å². The predicted octanol–water partition coefficient (Wildman–Crippen LogP) is 3.75. The van der Waals surface area contributed by atoms with Gasteiger partial charge in [0.2, 0.25) is 0 Å². The molecule has 7 heteroatoms. The van der Waals surface area contributed by atoms with Crippen LogP contribution in [0, 0.1) is 5.82 Å². The summed E-state index contributed by atoms with van der Waals surface area (Å²) in [5.41, 5.74) is 4.73. The minimum atomic E-state index is -0.893. The molecule has 34 heavy (non-hydrogen) atoms. The Balaban J connectivity index is 1.49. The molecule has 2 amide bonds. The number of carbonyl (C=O) groups excluding carboxylic acids is 2. The minimum Gasteiger partial charge on any atom is -0.378 e. The van der Waals surface area contributed by atoms with Crippen LogP contribution in [0.2, 0.25) is 0 Å². The van der Waals surface area contributed by atoms with E-state index in [0.717, 1.165) is 30.8 Å². The van der Waals surface area contributed by atoms with Crippen LogP contribution in [-0.4, -0.2) is 43.9 Å². The van der Waals surface area contributed by atoms with Crippen molar-refractivity contribution in [1.82, 2.24) is 10.2 Å². The monoisotopic (exact) mass is 460 g/mol. The maximum atomic E-state index is 13.8. The Morgan fingerprint density at radius 1 is 0.941 bits per heavy atom. The van der Waals surface area contributed by atoms with E-state index in [4.69, 9.17) is 0 Å². The van der Waals surface area contributed by atoms with Gasteiger partial charge in [0.05, 0.1) is 11.7 Å². The molecular weight excluding hydrogens is 431 g/mol. The van der Waals surface area contributed by atoms with E-state index in [1.807, 2.05) is 37.2 Å². The summed E-state index contributed by atoms with van der Waals surface area (Å²) in [5.74, 6) is -2.28. The summed E-state index contributed by atoms with van der Waals surface area (Å²) in [7, 11) is 3.98. The summed E-state index contributed by atoms with van der Waals surface area (Å²) in [6.45, 7) is 1.86. The Bertz CT molecular complexity index is 1160. The van der Waals surface area contributed by atoms with Gasteiger partial charge < -0.3 is 15.5 Å². The van der Waals surface area contributed by atoms with E-state index in [1.165, 1.54) is 29.3 Å². The van der Waals surface area contributed by atoms with Crippen molar-refractivity contribution < 1.29 is 14.0 Å². The summed E-state index contributed by atoms with van der Waals surface area (Å²) in [6.07, 6.45) is 0.921. The molecule has 0 radical (unpaired) electrons. The molecule has 6 nitrogen and oxygen atoms in total. The van der Waals surface area contributed by atoms with Crippen LogP contribution < -0.4 is 15.5 Å². The number of hydrogen-bond acceptors (Lipinski definition) is 4. The van der Waals surface area contributed by atoms with Crippen LogP contribution >= 0.6 is 0 Å². The van der Waals surface area contributed by atoms with Crippen LogP contribution in [0.5, 0.6) is 0 Å². The SMILES string of the molecule is CN(C)c1ccc(C(CNC(=O)C(=O)Nc2ccccc2F)N2CCc3ccccc3C2)cc1. The van der Waals surface area contributed by atoms with Crippen LogP contribution in [0.25, 0.3) is 0 Å². The van der Waals surface area contributed by atoms with Crippen molar-refractivity contribution in [3.05, 3.63) is 95.3 Å². The van der Waals surface area contributed by atoms with Gasteiger partial charge >= 0.3 is 11.8 Å². The molecular formula is C27H29FN4O2. The van der Waals surface area contributed by atoms with Gasteiger partial charge in [-0.15, -0.1) is 0 Å². The molecule has 176 valence electrons. The number of amides is 2. The Kier molecular flexibility index (Phi) is 7.23. The van der Waals surface area contributed by atoms with Crippen molar-refractivity contribution in [3.63, 3.8) is 0 Å². The molecule has 3 aromatic rings. The quantitative estimate of drug-likeness (QED) is 0.550. The van der Waals surface area contributed by atoms with Gasteiger partial charge in [-0.3, -0.25) is 14.5 Å². The predicted molar refractivity (Wildman–Crippen MR) is 132 cm³/mol. The third kappa shape index (κ3) is 5.43. The molecule has 3 aromatic carbocycles. The van der Waals surface area contributed by atoms with Gasteiger partial charge in [0.25, 0.3) is 0 Å². The Labute approximate surface area is 199 Å². The molecule has 0 saturated carbocycles. The second kappa shape index (κ2) is 10.5. The number of nitrogens with one attached hydrogen (secondary N) is 2. The molecule has 0 saturated heterocycles. The summed E-state index contributed by atoms with van der Waals surface area (Å²) < 4.78 is 13.8. The van der Waals surface area contributed by atoms with Gasteiger partial charge in [0.15, 0.2) is 0 Å². The van der Waals surface area contributed by atoms with Gasteiger partial charge in [0, 0.05) is 39.4 Å². The fraction of sp³-hybridized carbons (Fsp3) is 0.259. The molecule has 1 aliphatic rings. The van der Waals surface area contributed by atoms with Crippen LogP contribution in [0.15, 0.2) is 72.8 Å². The molecule has 2 N–H and O–H groups in total. The van der Waals surface area contributed by atoms with Crippen LogP contribution in [-0.2, 0) is 22.6 Å². The lowest BCUT2D eigenvalue weighted by Gasteiger charge is -2.36. The maximum Gasteiger partial charge on any atom is 0.313 e. The van der Waals surface area contributed by atoms with Crippen molar-refractivity contribution in [2.45, 2.75) is 19.0 Å². The number of anilines is 2. The highest BCUT2D eigenvalue weighted by atomic mass is 19.1. The van der Waals surface area contributed by atoms with Gasteiger partial charge in [-0.2, -0.15) is 0 Å². The Morgan fingerprint density at radius 3 is 2.32 bits per heavy atom. The minimum absolute atomic E-state index is 0.0221. The summed E-state index contributed by atoms with van der Waals surface area (Å²) in [6, 6.07) is 22.3. The topological polar surface area (TPSA) is 64.7 Å². The largest absolute Gasteiger partial charge is 0.378 e. The first-order valence-electron chi connectivity index (χ1n) is 11.3. The highest BCUT2D eigenvalue weighted by molar-refractivity contribution is 6.39. The highest BCUT2D eigenvalue weighted by Crippen LogP contribution is 2.28. The molecule has 1 heterocycles. The van der Waals surface area contributed by atoms with E-state index in [1.54, 1.807) is 6.07 Å². The third-order valence-electron chi connectivity index (χ3n) is 6.18. The normalized spacial score (nSPS) is 14.1. The number of fused-ring (bicyclic) bond motifs is 1. The van der Waals surface area contributed by atoms with E-state index >= 15 is 0 Å². The Morgan fingerprint density at radius 2 is 1.62 bits per heavy atom. The molecule has 1 atom stereocenters. The first-order valence-corrected chi connectivity index (χ1v) is 11.3. The van der Waals surface area contributed by atoms with Crippen molar-refractivity contribution in [3.8, 4) is 0 Å². The fourth-order valence-corrected chi connectivity index (χ4v) is 4.25. The smallest absolute Gasteiger partial charge is 0.313 e. The van der Waals surface area contributed by atoms with Crippen LogP contribution in [0.3, 0.4) is 0 Å². The first-order chi connectivity index (χ1) is 16.4. The molecule has 1 unspecified atom stereocenters. The van der Waals surface area contributed by atoms with E-state index in [-0.39, 0.29) is 18.3 Å². The first kappa shape index (κ1) is 23.4. The van der Waals surface area contributed by atoms with Crippen LogP contribution in [0.4, 0.5) is 15.8 Å². The number of para-hydroxylation sites is 1. The lowest BCUT2D eigenvalue weighted by atomic mass is 9.96. The zero-order chi connectivity index (χ0) is 24.1. The molecule has 0 aromatic heterocycles. The van der Waals surface area contributed by atoms with Gasteiger partial charge in [-0.25, -0.2) is 4.39 Å². The third-order valence-corrected chi connectivity index (χ3v) is 6.18. The molecule has 0 bridgehead atoms. The lowest BCUT2D eigenvalue weighted by Crippen LogP contribution is -2.43. The van der Waals surface area contributed by atoms with E-state index in [0.29, 0.717) is 0 Å². The molecule has 1 aliphatic heterocycles. The number of benzene rings is 3. The summed E-state index contributed by atoms with van der Waals surface area (Å²) in [4.78, 5) is 29.3. The molecule has 0 fully saturated rings. The second-order valence-electron chi connectivity index (χ2n) is 8.63. The van der Waals surface area contributed by atoms with Crippen molar-refractivity contribution >= 4 is 23.2 Å². The molecule has 0 spiro atoms. The summed E-state index contributed by atoms with van der Waals surface area (Å²) >= 11 is 0. The summed E-state index contributed by atoms with van der Waals surface area (Å²) in [5, 5.41) is 5.09. The number of rotatable bonds is 6. The van der Waals surface area contributed by atoms with Gasteiger partial charge in [-0.05, 0) is 47.4 Å². The van der Waals surface area contributed by atoms with Crippen molar-refractivity contribution in [2.24, 2.45) is 0 Å². The number of carbonyl (C=O) groups is 2. The van der Waals surface area contributed by atoms with Crippen LogP contribution in [0.1, 0.15) is 22.7 Å². The van der Waals surface area contributed by atoms with Crippen molar-refractivity contribution in [1.29, 1.82) is 0 Å². The molecule has 4 rings (SSSR count). The van der Waals surface area contributed by atoms with Gasteiger partial charge in [-0.1, -0.05) is 48.5 Å². The van der Waals surface area contributed by atoms with Gasteiger partial charge in [0.1, 0.15) is 5.82 Å². The standard InChI is InChI=1S/C27H29FN4O2/c1-31(2)22-13-11-20(12-14-22)25(32-16-15-19-7-3-4-8-21(19)18-32)17-29-26(33)27(34)30-24-10-6-5-9-23(24)28/h3-14,25H,15-18H2,1-2H3,(H,29,33)(H,30,34). The number of halogens is 1. The average molecular weight is 461 g/mol. The maximum absolute atomic E-state index is 13.8. The van der Waals surface area contributed by atoms with Crippen molar-refractivity contribution in [2.75, 3.05) is 37.4 Å². The number of hydrogen-bond donors (Lipinski definition) is 2. The van der Waals surface area contributed by atoms with E-state index in [9.17, 15) is 14.0 Å². The zero-order valence-electron chi connectivity index (χ0n) is 19.4. The second-order valence-corrected chi connectivity index (χ2v) is 8.63. The zero-order valence-corrected chi connectivity index (χ0v) is 19.4. The van der Waals surface area contributed by atoms with E-state index < -0.39 is 17.6 Å². The number of nitrogens with zero attached hydrogens (tertiary/aromatic N) is 2. The Hall–Kier alpha value is -3.71. The fourth-order valence-electron chi connectivity index (χ4n) is 4.25. The molecule has 0 aliphatic carbocycles. The highest BCUT2D eigenvalue weighted by Gasteiger charge is 2.26.